The van der Waals surface area contributed by atoms with Gasteiger partial charge in [-0.2, -0.15) is 0 Å². The topological polar surface area (TPSA) is 115 Å². The van der Waals surface area contributed by atoms with Crippen LogP contribution in [0, 0.1) is 17.8 Å². The van der Waals surface area contributed by atoms with Crippen molar-refractivity contribution in [1.29, 1.82) is 0 Å². The van der Waals surface area contributed by atoms with Gasteiger partial charge < -0.3 is 19.5 Å². The second-order valence-corrected chi connectivity index (χ2v) is 11.9. The Hall–Kier alpha value is -2.88. The van der Waals surface area contributed by atoms with Crippen LogP contribution >= 0.6 is 0 Å². The number of epoxide rings is 1. The van der Waals surface area contributed by atoms with Gasteiger partial charge in [0.25, 0.3) is 0 Å². The van der Waals surface area contributed by atoms with Crippen molar-refractivity contribution in [1.82, 2.24) is 10.2 Å². The minimum atomic E-state index is -0.822. The van der Waals surface area contributed by atoms with Crippen LogP contribution in [0.4, 0.5) is 0 Å². The molecule has 9 heteroatoms. The van der Waals surface area contributed by atoms with Crippen molar-refractivity contribution in [2.45, 2.75) is 64.0 Å². The summed E-state index contributed by atoms with van der Waals surface area (Å²) in [4.78, 5) is 55.2. The van der Waals surface area contributed by atoms with Crippen molar-refractivity contribution in [2.24, 2.45) is 17.8 Å². The van der Waals surface area contributed by atoms with Crippen LogP contribution in [0.15, 0.2) is 36.4 Å². The van der Waals surface area contributed by atoms with E-state index in [1.54, 1.807) is 21.0 Å². The number of carbonyl (C=O) groups excluding carboxylic acids is 4. The lowest BCUT2D eigenvalue weighted by molar-refractivity contribution is -0.134. The third-order valence-electron chi connectivity index (χ3n) is 8.43. The quantitative estimate of drug-likeness (QED) is 0.239. The molecular weight excluding hydrogens is 524 g/mol. The Morgan fingerprint density at radius 2 is 1.73 bits per heavy atom. The van der Waals surface area contributed by atoms with E-state index in [9.17, 15) is 19.2 Å². The minimum Gasteiger partial charge on any atom is -0.497 e. The number of nitrogens with one attached hydrogen (secondary N) is 1. The Bertz CT molecular complexity index is 1100. The molecule has 9 nitrogen and oxygen atoms in total. The Labute approximate surface area is 243 Å². The van der Waals surface area contributed by atoms with Crippen LogP contribution in [0.2, 0.25) is 0 Å². The fraction of sp³-hybridized carbons (Fsp3) is 0.625. The summed E-state index contributed by atoms with van der Waals surface area (Å²) in [6.07, 6.45) is 7.08. The molecular formula is C32H44N2O7. The number of amides is 1. The highest BCUT2D eigenvalue weighted by Crippen LogP contribution is 2.36. The predicted molar refractivity (Wildman–Crippen MR) is 154 cm³/mol. The van der Waals surface area contributed by atoms with E-state index in [1.807, 2.05) is 29.2 Å². The number of nitrogens with zero attached hydrogens (tertiary/aromatic N) is 1. The second-order valence-electron chi connectivity index (χ2n) is 11.9. The maximum Gasteiger partial charge on any atom is 0.223 e. The van der Waals surface area contributed by atoms with E-state index in [-0.39, 0.29) is 49.1 Å². The zero-order valence-corrected chi connectivity index (χ0v) is 24.6. The third kappa shape index (κ3) is 9.05. The zero-order valence-electron chi connectivity index (χ0n) is 24.6. The smallest absolute Gasteiger partial charge is 0.223 e. The lowest BCUT2D eigenvalue weighted by atomic mass is 9.81. The molecule has 2 saturated heterocycles. The Morgan fingerprint density at radius 1 is 1.07 bits per heavy atom. The van der Waals surface area contributed by atoms with Gasteiger partial charge in [-0.05, 0) is 56.2 Å². The average molecular weight is 569 g/mol. The van der Waals surface area contributed by atoms with Gasteiger partial charge in [-0.15, -0.1) is 0 Å². The van der Waals surface area contributed by atoms with Gasteiger partial charge in [0.1, 0.15) is 17.1 Å². The van der Waals surface area contributed by atoms with E-state index in [0.29, 0.717) is 51.0 Å². The first kappa shape index (κ1) is 31.1. The Kier molecular flexibility index (Phi) is 10.9. The predicted octanol–water partition coefficient (Wildman–Crippen LogP) is 2.94. The standard InChI is InChI=1S/C32H44N2O7/c1-22(16-26(35)20-34-12-14-40-15-13-34)31(38)33-28(18-24-8-10-27(39-3)11-9-24)29(36)19-25(17-23-6-4-5-7-23)30(37)32(2)21-41-32/h4-5,8-11,22-23,25,28H,6-7,12-21H2,1-3H3,(H,33,38)/t22-,25-,28+,32-/m1/s1. The van der Waals surface area contributed by atoms with Crippen LogP contribution in [0.5, 0.6) is 5.75 Å². The Morgan fingerprint density at radius 3 is 2.34 bits per heavy atom. The van der Waals surface area contributed by atoms with E-state index in [2.05, 4.69) is 17.5 Å². The molecule has 1 aromatic carbocycles. The summed E-state index contributed by atoms with van der Waals surface area (Å²) in [5.74, 6) is -0.608. The SMILES string of the molecule is COc1ccc(C[C@H](NC(=O)[C@H](C)CC(=O)CN2CCOCC2)C(=O)C[C@@H](CC2CC=CC2)C(=O)[C@@]2(C)CO2)cc1. The monoisotopic (exact) mass is 568 g/mol. The van der Waals surface area contributed by atoms with E-state index in [1.165, 1.54) is 0 Å². The van der Waals surface area contributed by atoms with Gasteiger partial charge >= 0.3 is 0 Å². The highest BCUT2D eigenvalue weighted by molar-refractivity contribution is 5.97. The Balaban J connectivity index is 1.43. The molecule has 1 amide bonds. The summed E-state index contributed by atoms with van der Waals surface area (Å²) in [7, 11) is 1.59. The largest absolute Gasteiger partial charge is 0.497 e. The molecule has 2 fully saturated rings. The molecule has 3 aliphatic rings. The number of rotatable bonds is 16. The summed E-state index contributed by atoms with van der Waals surface area (Å²) in [6.45, 7) is 6.77. The number of carbonyl (C=O) groups is 4. The number of Topliss-reactive ketones (excluding diaryl/α,β-unsaturated/α-hetero) is 3. The number of ether oxygens (including phenoxy) is 3. The number of hydrogen-bond donors (Lipinski definition) is 1. The fourth-order valence-corrected chi connectivity index (χ4v) is 5.68. The molecule has 41 heavy (non-hydrogen) atoms. The molecule has 4 rings (SSSR count). The first-order valence-electron chi connectivity index (χ1n) is 14.8. The number of ketones is 3. The van der Waals surface area contributed by atoms with E-state index in [4.69, 9.17) is 14.2 Å². The molecule has 4 atom stereocenters. The van der Waals surface area contributed by atoms with Crippen molar-refractivity contribution >= 4 is 23.3 Å². The number of allylic oxidation sites excluding steroid dienone is 2. The van der Waals surface area contributed by atoms with Crippen LogP contribution in [0.3, 0.4) is 0 Å². The highest BCUT2D eigenvalue weighted by atomic mass is 16.6. The van der Waals surface area contributed by atoms with Gasteiger partial charge in [0.2, 0.25) is 5.91 Å². The van der Waals surface area contributed by atoms with Crippen molar-refractivity contribution in [3.8, 4) is 5.75 Å². The van der Waals surface area contributed by atoms with Crippen LogP contribution in [-0.2, 0) is 35.1 Å². The fourth-order valence-electron chi connectivity index (χ4n) is 5.68. The first-order valence-corrected chi connectivity index (χ1v) is 14.8. The molecule has 0 saturated carbocycles. The lowest BCUT2D eigenvalue weighted by Crippen LogP contribution is -2.46. The summed E-state index contributed by atoms with van der Waals surface area (Å²) in [5.41, 5.74) is 0.0435. The van der Waals surface area contributed by atoms with Gasteiger partial charge in [-0.1, -0.05) is 31.2 Å². The van der Waals surface area contributed by atoms with Crippen LogP contribution in [0.25, 0.3) is 0 Å². The van der Waals surface area contributed by atoms with Crippen molar-refractivity contribution < 1.29 is 33.4 Å². The minimum absolute atomic E-state index is 0.0129. The zero-order chi connectivity index (χ0) is 29.4. The molecule has 0 radical (unpaired) electrons. The maximum absolute atomic E-state index is 13.8. The number of hydrogen-bond acceptors (Lipinski definition) is 8. The van der Waals surface area contributed by atoms with Crippen LogP contribution in [0.1, 0.15) is 51.5 Å². The summed E-state index contributed by atoms with van der Waals surface area (Å²) in [5, 5.41) is 2.93. The van der Waals surface area contributed by atoms with E-state index >= 15 is 0 Å². The molecule has 0 unspecified atom stereocenters. The second kappa shape index (κ2) is 14.3. The molecule has 0 spiro atoms. The lowest BCUT2D eigenvalue weighted by Gasteiger charge is -2.26. The van der Waals surface area contributed by atoms with Crippen LogP contribution in [-0.4, -0.2) is 86.4 Å². The van der Waals surface area contributed by atoms with Gasteiger partial charge in [-0.25, -0.2) is 0 Å². The summed E-state index contributed by atoms with van der Waals surface area (Å²) < 4.78 is 16.0. The molecule has 0 aromatic heterocycles. The first-order chi connectivity index (χ1) is 19.7. The molecule has 0 bridgehead atoms. The normalized spacial score (nSPS) is 23.0. The third-order valence-corrected chi connectivity index (χ3v) is 8.43. The van der Waals surface area contributed by atoms with Crippen molar-refractivity contribution in [3.05, 3.63) is 42.0 Å². The molecule has 2 heterocycles. The van der Waals surface area contributed by atoms with Gasteiger partial charge in [0.05, 0.1) is 39.5 Å². The molecule has 1 aliphatic carbocycles. The van der Waals surface area contributed by atoms with E-state index < -0.39 is 23.5 Å². The summed E-state index contributed by atoms with van der Waals surface area (Å²) in [6, 6.07) is 6.54. The van der Waals surface area contributed by atoms with Crippen LogP contribution < -0.4 is 10.1 Å². The molecule has 1 N–H and O–H groups in total. The molecule has 1 aromatic rings. The number of methoxy groups -OCH3 is 1. The van der Waals surface area contributed by atoms with Gasteiger partial charge in [-0.3, -0.25) is 24.1 Å². The number of morpholine rings is 1. The molecule has 224 valence electrons. The molecule has 2 aliphatic heterocycles. The average Bonchev–Trinajstić information content (AvgIpc) is 3.51. The maximum atomic E-state index is 13.8. The van der Waals surface area contributed by atoms with E-state index in [0.717, 1.165) is 18.4 Å². The van der Waals surface area contributed by atoms with Gasteiger partial charge in [0, 0.05) is 37.8 Å². The van der Waals surface area contributed by atoms with Crippen molar-refractivity contribution in [3.63, 3.8) is 0 Å². The van der Waals surface area contributed by atoms with Gasteiger partial charge in [0.15, 0.2) is 11.6 Å². The van der Waals surface area contributed by atoms with Crippen molar-refractivity contribution in [2.75, 3.05) is 46.6 Å². The number of benzene rings is 1. The highest BCUT2D eigenvalue weighted by Gasteiger charge is 2.50. The summed E-state index contributed by atoms with van der Waals surface area (Å²) >= 11 is 0.